The fraction of sp³-hybridized carbons (Fsp3) is 0.0769. The van der Waals surface area contributed by atoms with Crippen LogP contribution in [0.25, 0.3) is 0 Å². The van der Waals surface area contributed by atoms with Crippen LogP contribution >= 0.6 is 11.3 Å². The Hall–Kier alpha value is -2.92. The zero-order chi connectivity index (χ0) is 15.4. The summed E-state index contributed by atoms with van der Waals surface area (Å²) in [6, 6.07) is 9.19. The van der Waals surface area contributed by atoms with Gasteiger partial charge in [-0.25, -0.2) is 0 Å². The summed E-state index contributed by atoms with van der Waals surface area (Å²) in [6.07, 6.45) is 0. The van der Waals surface area contributed by atoms with Crippen LogP contribution in [-0.2, 0) is 0 Å². The van der Waals surface area contributed by atoms with Crippen molar-refractivity contribution in [2.24, 2.45) is 0 Å². The van der Waals surface area contributed by atoms with E-state index in [2.05, 4.69) is 5.32 Å². The van der Waals surface area contributed by atoms with Crippen LogP contribution in [0.2, 0.25) is 0 Å². The minimum Gasteiger partial charge on any atom is -0.495 e. The van der Waals surface area contributed by atoms with Gasteiger partial charge in [-0.2, -0.15) is 5.26 Å². The van der Waals surface area contributed by atoms with Crippen molar-refractivity contribution in [1.82, 2.24) is 0 Å². The molecule has 0 fully saturated rings. The van der Waals surface area contributed by atoms with E-state index in [1.54, 1.807) is 0 Å². The smallest absolute Gasteiger partial charge is 0.324 e. The summed E-state index contributed by atoms with van der Waals surface area (Å²) in [7, 11) is 1.42. The van der Waals surface area contributed by atoms with Crippen molar-refractivity contribution in [3.05, 3.63) is 50.9 Å². The Morgan fingerprint density at radius 3 is 2.76 bits per heavy atom. The van der Waals surface area contributed by atoms with Gasteiger partial charge in [-0.15, -0.1) is 0 Å². The van der Waals surface area contributed by atoms with Gasteiger partial charge in [-0.05, 0) is 18.2 Å². The Bertz CT molecular complexity index is 748. The maximum absolute atomic E-state index is 12.0. The summed E-state index contributed by atoms with van der Waals surface area (Å²) in [4.78, 5) is 22.3. The number of carbonyl (C=O) groups is 1. The molecule has 7 nitrogen and oxygen atoms in total. The molecule has 0 spiro atoms. The lowest BCUT2D eigenvalue weighted by atomic mass is 10.2. The number of nitrogens with zero attached hydrogens (tertiary/aromatic N) is 2. The van der Waals surface area contributed by atoms with E-state index in [0.717, 1.165) is 11.3 Å². The third kappa shape index (κ3) is 3.16. The molecule has 0 bridgehead atoms. The summed E-state index contributed by atoms with van der Waals surface area (Å²) in [5.74, 6) is -0.135. The van der Waals surface area contributed by atoms with Crippen LogP contribution in [0.5, 0.6) is 5.75 Å². The molecular formula is C13H9N3O4S. The van der Waals surface area contributed by atoms with Gasteiger partial charge >= 0.3 is 5.00 Å². The number of benzene rings is 1. The molecule has 0 aliphatic heterocycles. The number of nitro groups is 1. The molecule has 0 aliphatic carbocycles. The molecule has 0 radical (unpaired) electrons. The van der Waals surface area contributed by atoms with Crippen molar-refractivity contribution in [1.29, 1.82) is 5.26 Å². The number of hydrogen-bond acceptors (Lipinski definition) is 6. The predicted octanol–water partition coefficient (Wildman–Crippen LogP) is 2.79. The number of nitrogens with one attached hydrogen (secondary N) is 1. The molecule has 2 aromatic rings. The maximum Gasteiger partial charge on any atom is 0.324 e. The number of thiophene rings is 1. The quantitative estimate of drug-likeness (QED) is 0.690. The summed E-state index contributed by atoms with van der Waals surface area (Å²) >= 11 is 0.785. The van der Waals surface area contributed by atoms with Crippen molar-refractivity contribution < 1.29 is 14.5 Å². The van der Waals surface area contributed by atoms with Crippen molar-refractivity contribution in [3.8, 4) is 11.8 Å². The topological polar surface area (TPSA) is 105 Å². The second-order valence-electron chi connectivity index (χ2n) is 3.88. The minimum absolute atomic E-state index is 0.105. The number of rotatable bonds is 4. The standard InChI is InChI=1S/C13H9N3O4S/c1-20-10-6-8(7-14)2-3-9(10)15-13(17)11-4-5-12(21-11)16(18)19/h2-6H,1H3,(H,15,17). The molecule has 8 heteroatoms. The average molecular weight is 303 g/mol. The van der Waals surface area contributed by atoms with E-state index in [1.165, 1.54) is 37.4 Å². The van der Waals surface area contributed by atoms with Gasteiger partial charge in [0.2, 0.25) is 0 Å². The molecule has 1 N–H and O–H groups in total. The third-order valence-electron chi connectivity index (χ3n) is 2.57. The van der Waals surface area contributed by atoms with Crippen LogP contribution in [0.3, 0.4) is 0 Å². The maximum atomic E-state index is 12.0. The highest BCUT2D eigenvalue weighted by Gasteiger charge is 2.16. The van der Waals surface area contributed by atoms with Gasteiger partial charge in [0.05, 0.1) is 34.2 Å². The van der Waals surface area contributed by atoms with E-state index in [1.807, 2.05) is 6.07 Å². The number of methoxy groups -OCH3 is 1. The second kappa shape index (κ2) is 6.02. The highest BCUT2D eigenvalue weighted by molar-refractivity contribution is 7.17. The lowest BCUT2D eigenvalue weighted by Gasteiger charge is -2.09. The van der Waals surface area contributed by atoms with E-state index in [0.29, 0.717) is 17.0 Å². The first kappa shape index (κ1) is 14.5. The monoisotopic (exact) mass is 303 g/mol. The fourth-order valence-electron chi connectivity index (χ4n) is 1.60. The normalized spacial score (nSPS) is 9.71. The first-order valence-corrected chi connectivity index (χ1v) is 6.50. The molecule has 0 aliphatic rings. The van der Waals surface area contributed by atoms with Gasteiger partial charge in [0.15, 0.2) is 0 Å². The van der Waals surface area contributed by atoms with Crippen molar-refractivity contribution in [2.45, 2.75) is 0 Å². The number of carbonyl (C=O) groups excluding carboxylic acids is 1. The summed E-state index contributed by atoms with van der Waals surface area (Å²) < 4.78 is 5.10. The summed E-state index contributed by atoms with van der Waals surface area (Å²) in [5, 5.41) is 21.9. The average Bonchev–Trinajstić information content (AvgIpc) is 2.97. The van der Waals surface area contributed by atoms with Crippen LogP contribution in [0.15, 0.2) is 30.3 Å². The van der Waals surface area contributed by atoms with Gasteiger partial charge < -0.3 is 10.1 Å². The Morgan fingerprint density at radius 2 is 2.19 bits per heavy atom. The number of amides is 1. The lowest BCUT2D eigenvalue weighted by Crippen LogP contribution is -2.11. The van der Waals surface area contributed by atoms with Crippen LogP contribution in [-0.4, -0.2) is 17.9 Å². The van der Waals surface area contributed by atoms with Gasteiger partial charge in [-0.3, -0.25) is 14.9 Å². The van der Waals surface area contributed by atoms with Crippen molar-refractivity contribution in [3.63, 3.8) is 0 Å². The summed E-state index contributed by atoms with van der Waals surface area (Å²) in [6.45, 7) is 0. The Balaban J connectivity index is 2.23. The molecule has 1 amide bonds. The molecule has 0 saturated carbocycles. The SMILES string of the molecule is COc1cc(C#N)ccc1NC(=O)c1ccc([N+](=O)[O-])s1. The Morgan fingerprint density at radius 1 is 1.43 bits per heavy atom. The van der Waals surface area contributed by atoms with E-state index in [-0.39, 0.29) is 9.88 Å². The molecule has 21 heavy (non-hydrogen) atoms. The van der Waals surface area contributed by atoms with Gasteiger partial charge in [0.1, 0.15) is 5.75 Å². The van der Waals surface area contributed by atoms with E-state index < -0.39 is 10.8 Å². The lowest BCUT2D eigenvalue weighted by molar-refractivity contribution is -0.380. The fourth-order valence-corrected chi connectivity index (χ4v) is 2.31. The largest absolute Gasteiger partial charge is 0.495 e. The van der Waals surface area contributed by atoms with Crippen LogP contribution < -0.4 is 10.1 Å². The molecule has 0 saturated heterocycles. The zero-order valence-electron chi connectivity index (χ0n) is 10.8. The number of anilines is 1. The zero-order valence-corrected chi connectivity index (χ0v) is 11.6. The molecule has 0 atom stereocenters. The molecule has 0 unspecified atom stereocenters. The van der Waals surface area contributed by atoms with Crippen LogP contribution in [0.1, 0.15) is 15.2 Å². The highest BCUT2D eigenvalue weighted by atomic mass is 32.1. The van der Waals surface area contributed by atoms with E-state index in [9.17, 15) is 14.9 Å². The first-order valence-electron chi connectivity index (χ1n) is 5.69. The van der Waals surface area contributed by atoms with E-state index >= 15 is 0 Å². The first-order chi connectivity index (χ1) is 10.0. The second-order valence-corrected chi connectivity index (χ2v) is 4.94. The predicted molar refractivity (Wildman–Crippen MR) is 76.6 cm³/mol. The molecular weight excluding hydrogens is 294 g/mol. The number of ether oxygens (including phenoxy) is 1. The Kier molecular flexibility index (Phi) is 4.15. The van der Waals surface area contributed by atoms with E-state index in [4.69, 9.17) is 10.00 Å². The van der Waals surface area contributed by atoms with Crippen molar-refractivity contribution in [2.75, 3.05) is 12.4 Å². The van der Waals surface area contributed by atoms with Gasteiger partial charge in [-0.1, -0.05) is 11.3 Å². The minimum atomic E-state index is -0.552. The highest BCUT2D eigenvalue weighted by Crippen LogP contribution is 2.28. The number of hydrogen-bond donors (Lipinski definition) is 1. The molecule has 1 heterocycles. The van der Waals surface area contributed by atoms with Gasteiger partial charge in [0.25, 0.3) is 5.91 Å². The van der Waals surface area contributed by atoms with Crippen LogP contribution in [0, 0.1) is 21.4 Å². The van der Waals surface area contributed by atoms with Crippen molar-refractivity contribution >= 4 is 27.9 Å². The molecule has 1 aromatic heterocycles. The molecule has 2 rings (SSSR count). The van der Waals surface area contributed by atoms with Crippen LogP contribution in [0.4, 0.5) is 10.7 Å². The summed E-state index contributed by atoms with van der Waals surface area (Å²) in [5.41, 5.74) is 0.786. The Labute approximate surface area is 123 Å². The number of nitriles is 1. The molecule has 106 valence electrons. The third-order valence-corrected chi connectivity index (χ3v) is 3.61. The van der Waals surface area contributed by atoms with Gasteiger partial charge in [0, 0.05) is 12.1 Å². The molecule has 1 aromatic carbocycles.